The van der Waals surface area contributed by atoms with E-state index in [-0.39, 0.29) is 11.8 Å². The van der Waals surface area contributed by atoms with E-state index < -0.39 is 0 Å². The second-order valence-corrected chi connectivity index (χ2v) is 16.9. The first-order chi connectivity index (χ1) is 30.0. The van der Waals surface area contributed by atoms with Gasteiger partial charge in [-0.1, -0.05) is 91.8 Å². The van der Waals surface area contributed by atoms with Gasteiger partial charge in [-0.2, -0.15) is 0 Å². The second kappa shape index (κ2) is 21.1. The molecule has 0 radical (unpaired) electrons. The third-order valence-corrected chi connectivity index (χ3v) is 12.4. The molecule has 0 atom stereocenters. The highest BCUT2D eigenvalue weighted by Crippen LogP contribution is 2.36. The van der Waals surface area contributed by atoms with E-state index in [9.17, 15) is 9.59 Å². The van der Waals surface area contributed by atoms with Gasteiger partial charge in [0.15, 0.2) is 0 Å². The lowest BCUT2D eigenvalue weighted by Gasteiger charge is -2.20. The molecule has 0 fully saturated rings. The number of benzene rings is 5. The van der Waals surface area contributed by atoms with Crippen LogP contribution < -0.4 is 24.0 Å². The number of fused-ring (bicyclic) bond motifs is 1. The third kappa shape index (κ3) is 10.3. The summed E-state index contributed by atoms with van der Waals surface area (Å²) in [6, 6.07) is 29.2. The fourth-order valence-corrected chi connectivity index (χ4v) is 9.06. The van der Waals surface area contributed by atoms with Crippen molar-refractivity contribution < 1.29 is 23.8 Å². The fourth-order valence-electron chi connectivity index (χ4n) is 7.34. The van der Waals surface area contributed by atoms with Gasteiger partial charge in [0, 0.05) is 35.3 Å². The van der Waals surface area contributed by atoms with Crippen LogP contribution >= 0.6 is 22.7 Å². The molecule has 7 aromatic rings. The van der Waals surface area contributed by atoms with Gasteiger partial charge in [-0.15, -0.1) is 20.4 Å². The zero-order valence-corrected chi connectivity index (χ0v) is 38.6. The third-order valence-electron chi connectivity index (χ3n) is 10.4. The summed E-state index contributed by atoms with van der Waals surface area (Å²) >= 11 is 2.86. The van der Waals surface area contributed by atoms with Crippen LogP contribution in [0.25, 0.3) is 31.9 Å². The normalized spacial score (nSPS) is 10.9. The van der Waals surface area contributed by atoms with Crippen LogP contribution in [0.4, 0.5) is 10.3 Å². The lowest BCUT2D eigenvalue weighted by molar-refractivity contribution is 0.0979. The van der Waals surface area contributed by atoms with Gasteiger partial charge in [-0.3, -0.25) is 19.4 Å². The van der Waals surface area contributed by atoms with Crippen molar-refractivity contribution in [2.24, 2.45) is 0 Å². The SMILES string of the molecule is CCCCN(C(=O)c1cccc(OC)c1)c1nnc(-c2cc(C)c(OC)c(C)c2)s1.CCCCN(C(=O)c1cccc2ccccc12)c1nnc(-c2cc(C)c(OC)c(C)c2)s1. The van der Waals surface area contributed by atoms with Crippen LogP contribution in [0.1, 0.15) is 82.5 Å². The smallest absolute Gasteiger partial charge is 0.260 e. The molecule has 62 heavy (non-hydrogen) atoms. The molecule has 0 bridgehead atoms. The van der Waals surface area contributed by atoms with Crippen LogP contribution in [-0.4, -0.2) is 66.6 Å². The van der Waals surface area contributed by atoms with Gasteiger partial charge < -0.3 is 14.2 Å². The summed E-state index contributed by atoms with van der Waals surface area (Å²) in [7, 11) is 4.95. The van der Waals surface area contributed by atoms with Crippen LogP contribution in [0.15, 0.2) is 91.0 Å². The quantitative estimate of drug-likeness (QED) is 0.0991. The molecule has 7 rings (SSSR count). The van der Waals surface area contributed by atoms with Gasteiger partial charge in [0.25, 0.3) is 11.8 Å². The number of aromatic nitrogens is 4. The lowest BCUT2D eigenvalue weighted by atomic mass is 10.0. The lowest BCUT2D eigenvalue weighted by Crippen LogP contribution is -2.32. The van der Waals surface area contributed by atoms with Crippen LogP contribution in [-0.2, 0) is 0 Å². The first-order valence-electron chi connectivity index (χ1n) is 20.7. The predicted molar refractivity (Wildman–Crippen MR) is 253 cm³/mol. The molecule has 0 saturated carbocycles. The number of ether oxygens (including phenoxy) is 3. The molecule has 0 unspecified atom stereocenters. The van der Waals surface area contributed by atoms with Gasteiger partial charge in [0.2, 0.25) is 10.3 Å². The van der Waals surface area contributed by atoms with Crippen LogP contribution in [0.3, 0.4) is 0 Å². The minimum Gasteiger partial charge on any atom is -0.497 e. The van der Waals surface area contributed by atoms with Gasteiger partial charge in [0.05, 0.1) is 21.3 Å². The number of anilines is 2. The Kier molecular flexibility index (Phi) is 15.4. The number of amides is 2. The summed E-state index contributed by atoms with van der Waals surface area (Å²) in [5, 5.41) is 22.4. The van der Waals surface area contributed by atoms with E-state index in [0.29, 0.717) is 40.2 Å². The summed E-state index contributed by atoms with van der Waals surface area (Å²) in [6.45, 7) is 13.5. The summed E-state index contributed by atoms with van der Waals surface area (Å²) < 4.78 is 16.2. The number of methoxy groups -OCH3 is 3. The monoisotopic (exact) mass is 870 g/mol. The second-order valence-electron chi connectivity index (χ2n) is 14.9. The van der Waals surface area contributed by atoms with Crippen LogP contribution in [0.5, 0.6) is 17.2 Å². The number of carbonyl (C=O) groups excluding carboxylic acids is 2. The number of hydrogen-bond acceptors (Lipinski definition) is 11. The van der Waals surface area contributed by atoms with Crippen molar-refractivity contribution in [2.75, 3.05) is 44.2 Å². The number of carbonyl (C=O) groups is 2. The summed E-state index contributed by atoms with van der Waals surface area (Å²) in [4.78, 5) is 30.4. The number of hydrogen-bond donors (Lipinski definition) is 0. The van der Waals surface area contributed by atoms with E-state index in [1.165, 1.54) is 22.7 Å². The molecule has 0 N–H and O–H groups in total. The molecule has 0 saturated heterocycles. The zero-order valence-electron chi connectivity index (χ0n) is 36.9. The van der Waals surface area contributed by atoms with E-state index in [1.54, 1.807) is 43.3 Å². The Morgan fingerprint density at radius 1 is 0.565 bits per heavy atom. The molecule has 2 amide bonds. The van der Waals surface area contributed by atoms with E-state index in [0.717, 1.165) is 91.4 Å². The number of nitrogens with zero attached hydrogens (tertiary/aromatic N) is 6. The maximum Gasteiger partial charge on any atom is 0.260 e. The molecule has 0 aliphatic rings. The highest BCUT2D eigenvalue weighted by Gasteiger charge is 2.25. The number of rotatable bonds is 15. The van der Waals surface area contributed by atoms with Crippen molar-refractivity contribution in [3.8, 4) is 38.4 Å². The van der Waals surface area contributed by atoms with E-state index in [1.807, 2.05) is 94.4 Å². The Bertz CT molecular complexity index is 2610. The van der Waals surface area contributed by atoms with Gasteiger partial charge in [0.1, 0.15) is 27.3 Å². The Balaban J connectivity index is 0.000000207. The average Bonchev–Trinajstić information content (AvgIpc) is 3.98. The molecule has 13 heteroatoms. The maximum atomic E-state index is 13.7. The fraction of sp³-hybridized carbons (Fsp3) is 0.306. The Morgan fingerprint density at radius 3 is 1.55 bits per heavy atom. The van der Waals surface area contributed by atoms with E-state index >= 15 is 0 Å². The number of aryl methyl sites for hydroxylation is 4. The molecule has 322 valence electrons. The van der Waals surface area contributed by atoms with Gasteiger partial charge in [-0.25, -0.2) is 0 Å². The first-order valence-corrected chi connectivity index (χ1v) is 22.4. The molecule has 0 aliphatic carbocycles. The Labute approximate surface area is 372 Å². The minimum absolute atomic E-state index is 0.0416. The van der Waals surface area contributed by atoms with Crippen LogP contribution in [0.2, 0.25) is 0 Å². The minimum atomic E-state index is -0.104. The predicted octanol–water partition coefficient (Wildman–Crippen LogP) is 11.7. The van der Waals surface area contributed by atoms with Crippen LogP contribution in [0, 0.1) is 27.7 Å². The molecular formula is C49H54N6O5S2. The van der Waals surface area contributed by atoms with Crippen molar-refractivity contribution in [2.45, 2.75) is 67.2 Å². The molecular weight excluding hydrogens is 817 g/mol. The molecule has 0 spiro atoms. The van der Waals surface area contributed by atoms with Crippen molar-refractivity contribution >= 4 is 55.5 Å². The largest absolute Gasteiger partial charge is 0.497 e. The average molecular weight is 871 g/mol. The molecule has 5 aromatic carbocycles. The molecule has 2 aromatic heterocycles. The van der Waals surface area contributed by atoms with Gasteiger partial charge in [-0.05, 0) is 122 Å². The molecule has 11 nitrogen and oxygen atoms in total. The summed E-state index contributed by atoms with van der Waals surface area (Å²) in [5.41, 5.74) is 7.39. The van der Waals surface area contributed by atoms with E-state index in [2.05, 4.69) is 46.4 Å². The summed E-state index contributed by atoms with van der Waals surface area (Å²) in [5.74, 6) is 2.26. The maximum absolute atomic E-state index is 13.7. The number of unbranched alkanes of at least 4 members (excludes halogenated alkanes) is 2. The van der Waals surface area contributed by atoms with E-state index in [4.69, 9.17) is 14.2 Å². The highest BCUT2D eigenvalue weighted by atomic mass is 32.1. The highest BCUT2D eigenvalue weighted by molar-refractivity contribution is 7.19. The van der Waals surface area contributed by atoms with Crippen molar-refractivity contribution in [3.05, 3.63) is 124 Å². The standard InChI is InChI=1S/C26H27N3O2S.C23H27N3O3S/c1-5-6-14-29(25(30)22-13-9-11-19-10-7-8-12-21(19)22)26-28-27-24(32-26)20-15-17(2)23(31-4)18(3)16-20;1-6-7-11-26(22(27)17-9-8-10-19(14-17)28-4)23-25-24-21(30-23)18-12-15(2)20(29-5)16(3)13-18/h7-13,15-16H,5-6,14H2,1-4H3;8-10,12-14H,6-7,11H2,1-5H3. The summed E-state index contributed by atoms with van der Waals surface area (Å²) in [6.07, 6.45) is 3.74. The first kappa shape index (κ1) is 45.3. The van der Waals surface area contributed by atoms with Crippen molar-refractivity contribution in [1.82, 2.24) is 20.4 Å². The molecule has 0 aliphatic heterocycles. The zero-order chi connectivity index (χ0) is 44.3. The Hall–Kier alpha value is -6.18. The molecule has 2 heterocycles. The van der Waals surface area contributed by atoms with Crippen molar-refractivity contribution in [1.29, 1.82) is 0 Å². The topological polar surface area (TPSA) is 120 Å². The van der Waals surface area contributed by atoms with Crippen molar-refractivity contribution in [3.63, 3.8) is 0 Å². The Morgan fingerprint density at radius 2 is 1.05 bits per heavy atom. The van der Waals surface area contributed by atoms with Gasteiger partial charge >= 0.3 is 0 Å².